The third kappa shape index (κ3) is 3.13. The summed E-state index contributed by atoms with van der Waals surface area (Å²) in [7, 11) is 0. The molecule has 0 unspecified atom stereocenters. The molecule has 2 aliphatic rings. The van der Waals surface area contributed by atoms with Crippen LogP contribution in [0, 0.1) is 11.8 Å². The Morgan fingerprint density at radius 2 is 2.12 bits per heavy atom. The Labute approximate surface area is 147 Å². The van der Waals surface area contributed by atoms with Crippen molar-refractivity contribution < 1.29 is 0 Å². The molecule has 4 rings (SSSR count). The highest BCUT2D eigenvalue weighted by atomic mass is 32.1. The second kappa shape index (κ2) is 6.69. The number of aliphatic imine (C=N–C) groups is 1. The van der Waals surface area contributed by atoms with E-state index in [1.165, 1.54) is 24.0 Å². The van der Waals surface area contributed by atoms with E-state index in [1.807, 2.05) is 18.2 Å². The molecule has 0 amide bonds. The third-order valence-corrected chi connectivity index (χ3v) is 6.46. The van der Waals surface area contributed by atoms with Crippen LogP contribution in [0.4, 0.5) is 5.13 Å². The van der Waals surface area contributed by atoms with Crippen molar-refractivity contribution >= 4 is 32.6 Å². The van der Waals surface area contributed by atoms with Crippen LogP contribution in [0.1, 0.15) is 33.1 Å². The number of hydrogen-bond donors (Lipinski definition) is 2. The lowest BCUT2D eigenvalue weighted by Gasteiger charge is -2.42. The van der Waals surface area contributed by atoms with Crippen molar-refractivity contribution in [2.45, 2.75) is 39.2 Å². The predicted octanol–water partition coefficient (Wildman–Crippen LogP) is 3.71. The van der Waals surface area contributed by atoms with Crippen molar-refractivity contribution in [3.05, 3.63) is 24.3 Å². The maximum atomic E-state index is 4.70. The fourth-order valence-corrected chi connectivity index (χ4v) is 4.71. The van der Waals surface area contributed by atoms with Crippen molar-refractivity contribution in [1.82, 2.24) is 15.2 Å². The first-order chi connectivity index (χ1) is 11.7. The predicted molar refractivity (Wildman–Crippen MR) is 101 cm³/mol. The highest BCUT2D eigenvalue weighted by Gasteiger charge is 2.32. The summed E-state index contributed by atoms with van der Waals surface area (Å²) < 4.78 is 1.20. The molecule has 1 aromatic carbocycles. The van der Waals surface area contributed by atoms with E-state index in [0.29, 0.717) is 6.04 Å². The molecule has 0 bridgehead atoms. The van der Waals surface area contributed by atoms with Gasteiger partial charge in [0.2, 0.25) is 0 Å². The Balaban J connectivity index is 1.41. The summed E-state index contributed by atoms with van der Waals surface area (Å²) >= 11 is 1.66. The number of fused-ring (bicyclic) bond motifs is 1. The van der Waals surface area contributed by atoms with E-state index in [2.05, 4.69) is 40.4 Å². The quantitative estimate of drug-likeness (QED) is 0.873. The molecule has 5 nitrogen and oxygen atoms in total. The summed E-state index contributed by atoms with van der Waals surface area (Å²) in [6.45, 7) is 6.41. The van der Waals surface area contributed by atoms with Crippen LogP contribution >= 0.6 is 11.3 Å². The first-order valence-corrected chi connectivity index (χ1v) is 9.67. The van der Waals surface area contributed by atoms with Crippen molar-refractivity contribution in [3.63, 3.8) is 0 Å². The molecule has 128 valence electrons. The number of benzene rings is 1. The van der Waals surface area contributed by atoms with E-state index >= 15 is 0 Å². The molecule has 2 aromatic rings. The van der Waals surface area contributed by atoms with Crippen LogP contribution in [0.25, 0.3) is 10.2 Å². The topological polar surface area (TPSA) is 52.5 Å². The molecule has 6 heteroatoms. The molecular formula is C18H25N5S. The first-order valence-electron chi connectivity index (χ1n) is 8.85. The summed E-state index contributed by atoms with van der Waals surface area (Å²) in [5.74, 6) is 2.39. The molecule has 2 N–H and O–H groups in total. The molecule has 1 aliphatic heterocycles. The molecule has 1 fully saturated rings. The minimum atomic E-state index is 0.647. The van der Waals surface area contributed by atoms with Gasteiger partial charge in [-0.3, -0.25) is 4.90 Å². The van der Waals surface area contributed by atoms with E-state index < -0.39 is 0 Å². The zero-order valence-corrected chi connectivity index (χ0v) is 15.1. The average Bonchev–Trinajstić information content (AvgIpc) is 3.00. The van der Waals surface area contributed by atoms with Crippen molar-refractivity contribution in [2.75, 3.05) is 18.7 Å². The molecule has 1 saturated carbocycles. The van der Waals surface area contributed by atoms with E-state index in [4.69, 9.17) is 4.99 Å². The van der Waals surface area contributed by atoms with Gasteiger partial charge in [-0.15, -0.1) is 0 Å². The first kappa shape index (κ1) is 15.8. The van der Waals surface area contributed by atoms with E-state index in [1.54, 1.807) is 11.3 Å². The van der Waals surface area contributed by atoms with Crippen molar-refractivity contribution in [3.8, 4) is 0 Å². The number of nitrogens with one attached hydrogen (secondary N) is 2. The minimum absolute atomic E-state index is 0.647. The van der Waals surface area contributed by atoms with Gasteiger partial charge in [-0.2, -0.15) is 0 Å². The summed E-state index contributed by atoms with van der Waals surface area (Å²) in [4.78, 5) is 11.8. The van der Waals surface area contributed by atoms with Gasteiger partial charge in [-0.25, -0.2) is 9.98 Å². The number of para-hydroxylation sites is 1. The number of aromatic nitrogens is 1. The van der Waals surface area contributed by atoms with Crippen LogP contribution in [0.15, 0.2) is 29.3 Å². The molecule has 0 radical (unpaired) electrons. The number of nitrogens with zero attached hydrogens (tertiary/aromatic N) is 3. The molecule has 2 heterocycles. The van der Waals surface area contributed by atoms with Gasteiger partial charge in [0.05, 0.1) is 23.6 Å². The second-order valence-corrected chi connectivity index (χ2v) is 8.05. The van der Waals surface area contributed by atoms with Gasteiger partial charge >= 0.3 is 0 Å². The fraction of sp³-hybridized carbons (Fsp3) is 0.556. The number of guanidine groups is 1. The Morgan fingerprint density at radius 1 is 1.25 bits per heavy atom. The average molecular weight is 344 g/mol. The van der Waals surface area contributed by atoms with Crippen LogP contribution in [0.3, 0.4) is 0 Å². The van der Waals surface area contributed by atoms with Gasteiger partial charge in [0.1, 0.15) is 0 Å². The lowest BCUT2D eigenvalue weighted by molar-refractivity contribution is 0.0771. The molecule has 0 spiro atoms. The zero-order chi connectivity index (χ0) is 16.5. The summed E-state index contributed by atoms with van der Waals surface area (Å²) in [6, 6.07) is 8.86. The van der Waals surface area contributed by atoms with E-state index in [9.17, 15) is 0 Å². The largest absolute Gasteiger partial charge is 0.343 e. The Kier molecular flexibility index (Phi) is 4.41. The molecule has 0 saturated heterocycles. The Morgan fingerprint density at radius 3 is 2.92 bits per heavy atom. The van der Waals surface area contributed by atoms with Crippen LogP contribution in [-0.4, -0.2) is 35.2 Å². The van der Waals surface area contributed by atoms with Crippen molar-refractivity contribution in [2.24, 2.45) is 16.8 Å². The highest BCUT2D eigenvalue weighted by Crippen LogP contribution is 2.33. The van der Waals surface area contributed by atoms with Gasteiger partial charge in [0.25, 0.3) is 0 Å². The number of thiazole rings is 1. The van der Waals surface area contributed by atoms with Gasteiger partial charge in [0.15, 0.2) is 11.1 Å². The summed E-state index contributed by atoms with van der Waals surface area (Å²) in [5.41, 5.74) is 1.04. The van der Waals surface area contributed by atoms with Gasteiger partial charge in [0, 0.05) is 6.04 Å². The van der Waals surface area contributed by atoms with Gasteiger partial charge < -0.3 is 10.6 Å². The third-order valence-electron chi connectivity index (χ3n) is 5.51. The van der Waals surface area contributed by atoms with Crippen LogP contribution in [-0.2, 0) is 0 Å². The Bertz CT molecular complexity index is 707. The van der Waals surface area contributed by atoms with Crippen LogP contribution < -0.4 is 10.6 Å². The normalized spacial score (nSPS) is 28.4. The molecule has 24 heavy (non-hydrogen) atoms. The number of rotatable bonds is 2. The van der Waals surface area contributed by atoms with Crippen LogP contribution in [0.5, 0.6) is 0 Å². The lowest BCUT2D eigenvalue weighted by atomic mass is 9.77. The second-order valence-electron chi connectivity index (χ2n) is 7.02. The fourth-order valence-electron chi connectivity index (χ4n) is 3.85. The maximum Gasteiger partial charge on any atom is 0.199 e. The zero-order valence-electron chi connectivity index (χ0n) is 14.3. The van der Waals surface area contributed by atoms with E-state index in [0.717, 1.165) is 41.8 Å². The highest BCUT2D eigenvalue weighted by molar-refractivity contribution is 7.22. The summed E-state index contributed by atoms with van der Waals surface area (Å²) in [6.07, 6.45) is 4.00. The maximum absolute atomic E-state index is 4.70. The minimum Gasteiger partial charge on any atom is -0.343 e. The standard InChI is InChI=1S/C18H25N5S/c1-12-6-5-8-15(13(12)2)23-10-19-17(20-11-23)22-18-21-14-7-3-4-9-16(14)24-18/h3-4,7,9,12-13,15H,5-6,8,10-11H2,1-2H3,(H2,19,20,21,22)/t12-,13+,15+/m1/s1. The molecular weight excluding hydrogens is 318 g/mol. The van der Waals surface area contributed by atoms with Gasteiger partial charge in [-0.1, -0.05) is 50.2 Å². The molecule has 1 aliphatic carbocycles. The van der Waals surface area contributed by atoms with Crippen LogP contribution in [0.2, 0.25) is 0 Å². The van der Waals surface area contributed by atoms with E-state index in [-0.39, 0.29) is 0 Å². The van der Waals surface area contributed by atoms with Gasteiger partial charge in [-0.05, 0) is 30.4 Å². The number of anilines is 1. The lowest BCUT2D eigenvalue weighted by Crippen LogP contribution is -2.53. The molecule has 1 aromatic heterocycles. The summed E-state index contributed by atoms with van der Waals surface area (Å²) in [5, 5.41) is 7.66. The van der Waals surface area contributed by atoms with Crippen molar-refractivity contribution in [1.29, 1.82) is 0 Å². The monoisotopic (exact) mass is 343 g/mol. The SMILES string of the molecule is C[C@H]1[C@H](C)CCC[C@@H]1N1CN=C(Nc2nc3ccccc3s2)NC1. The smallest absolute Gasteiger partial charge is 0.199 e. The molecule has 3 atom stereocenters. The Hall–Kier alpha value is -1.66. The number of hydrogen-bond acceptors (Lipinski definition) is 6.